The largest absolute Gasteiger partial charge is 0.389 e. The molecule has 2 N–H and O–H groups in total. The van der Waals surface area contributed by atoms with Gasteiger partial charge < -0.3 is 10.2 Å². The predicted octanol–water partition coefficient (Wildman–Crippen LogP) is 1.41. The average molecular weight is 231 g/mol. The average Bonchev–Trinajstić information content (AvgIpc) is 2.16. The highest BCUT2D eigenvalue weighted by Crippen LogP contribution is 2.25. The Morgan fingerprint density at radius 1 is 1.19 bits per heavy atom. The van der Waals surface area contributed by atoms with E-state index in [4.69, 9.17) is 5.26 Å². The van der Waals surface area contributed by atoms with E-state index in [1.807, 2.05) is 0 Å². The predicted molar refractivity (Wildman–Crippen MR) is 47.5 cm³/mol. The second-order valence-electron chi connectivity index (χ2n) is 3.16. The van der Waals surface area contributed by atoms with Crippen molar-refractivity contribution < 1.29 is 23.4 Å². The number of aliphatic hydroxyl groups is 2. The van der Waals surface area contributed by atoms with Crippen molar-refractivity contribution in [3.63, 3.8) is 0 Å². The lowest BCUT2D eigenvalue weighted by atomic mass is 10.0. The van der Waals surface area contributed by atoms with Crippen molar-refractivity contribution in [2.75, 3.05) is 0 Å². The Morgan fingerprint density at radius 3 is 2.12 bits per heavy atom. The van der Waals surface area contributed by atoms with E-state index in [9.17, 15) is 23.4 Å². The maximum Gasteiger partial charge on any atom is 0.134 e. The number of benzene rings is 1. The molecule has 6 heteroatoms. The first-order chi connectivity index (χ1) is 7.47. The molecule has 0 heterocycles. The van der Waals surface area contributed by atoms with Gasteiger partial charge in [-0.3, -0.25) is 0 Å². The highest BCUT2D eigenvalue weighted by Gasteiger charge is 2.25. The molecule has 1 aromatic rings. The zero-order chi connectivity index (χ0) is 12.3. The topological polar surface area (TPSA) is 64.2 Å². The van der Waals surface area contributed by atoms with Gasteiger partial charge in [0.15, 0.2) is 0 Å². The van der Waals surface area contributed by atoms with Crippen molar-refractivity contribution in [1.29, 1.82) is 5.26 Å². The normalized spacial score (nSPS) is 14.2. The maximum atomic E-state index is 13.1. The molecule has 0 aromatic heterocycles. The van der Waals surface area contributed by atoms with Crippen molar-refractivity contribution in [1.82, 2.24) is 0 Å². The molecular formula is C10H8F3NO2. The molecule has 0 aliphatic rings. The van der Waals surface area contributed by atoms with Gasteiger partial charge in [0.25, 0.3) is 0 Å². The van der Waals surface area contributed by atoms with Crippen LogP contribution in [-0.2, 0) is 0 Å². The zero-order valence-corrected chi connectivity index (χ0v) is 7.99. The number of nitrogens with zero attached hydrogens (tertiary/aromatic N) is 1. The molecule has 0 aliphatic carbocycles. The van der Waals surface area contributed by atoms with Crippen molar-refractivity contribution in [2.24, 2.45) is 0 Å². The molecular weight excluding hydrogens is 223 g/mol. The van der Waals surface area contributed by atoms with E-state index in [1.54, 1.807) is 0 Å². The van der Waals surface area contributed by atoms with Crippen molar-refractivity contribution in [3.8, 4) is 6.07 Å². The molecule has 0 saturated carbocycles. The van der Waals surface area contributed by atoms with Gasteiger partial charge in [0.05, 0.1) is 24.2 Å². The first-order valence-corrected chi connectivity index (χ1v) is 4.35. The van der Waals surface area contributed by atoms with Crippen LogP contribution >= 0.6 is 0 Å². The molecule has 0 fully saturated rings. The summed E-state index contributed by atoms with van der Waals surface area (Å²) in [5.74, 6) is -3.73. The van der Waals surface area contributed by atoms with Gasteiger partial charge in [-0.05, 0) is 0 Å². The molecule has 2 unspecified atom stereocenters. The second kappa shape index (κ2) is 4.96. The molecule has 2 atom stereocenters. The lowest BCUT2D eigenvalue weighted by Crippen LogP contribution is -2.20. The van der Waals surface area contributed by atoms with Crippen molar-refractivity contribution in [3.05, 3.63) is 35.1 Å². The zero-order valence-electron chi connectivity index (χ0n) is 7.99. The Hall–Kier alpha value is -1.58. The standard InChI is InChI=1S/C10H8F3NO2/c11-5-3-6(12)9(7(13)4-5)10(16)8(15)1-2-14/h3-4,8,10,15-16H,1H2. The summed E-state index contributed by atoms with van der Waals surface area (Å²) in [6.45, 7) is 0. The van der Waals surface area contributed by atoms with Crippen molar-refractivity contribution >= 4 is 0 Å². The molecule has 1 rings (SSSR count). The Bertz CT molecular complexity index is 408. The molecule has 0 saturated heterocycles. The summed E-state index contributed by atoms with van der Waals surface area (Å²) in [5, 5.41) is 26.8. The van der Waals surface area contributed by atoms with Gasteiger partial charge in [0.1, 0.15) is 23.6 Å². The van der Waals surface area contributed by atoms with Gasteiger partial charge in [0.2, 0.25) is 0 Å². The Balaban J connectivity index is 3.09. The van der Waals surface area contributed by atoms with Crippen LogP contribution in [0.1, 0.15) is 18.1 Å². The van der Waals surface area contributed by atoms with E-state index in [-0.39, 0.29) is 0 Å². The quantitative estimate of drug-likeness (QED) is 0.826. The third kappa shape index (κ3) is 2.51. The van der Waals surface area contributed by atoms with Gasteiger partial charge in [-0.25, -0.2) is 13.2 Å². The summed E-state index contributed by atoms with van der Waals surface area (Å²) >= 11 is 0. The summed E-state index contributed by atoms with van der Waals surface area (Å²) in [4.78, 5) is 0. The van der Waals surface area contributed by atoms with Gasteiger partial charge in [-0.2, -0.15) is 5.26 Å². The Kier molecular flexibility index (Phi) is 3.88. The summed E-state index contributed by atoms with van der Waals surface area (Å²) in [5.41, 5.74) is -0.843. The van der Waals surface area contributed by atoms with E-state index in [0.717, 1.165) is 0 Å². The minimum atomic E-state index is -1.90. The van der Waals surface area contributed by atoms with Crippen molar-refractivity contribution in [2.45, 2.75) is 18.6 Å². The molecule has 0 aliphatic heterocycles. The lowest BCUT2D eigenvalue weighted by Gasteiger charge is -2.16. The van der Waals surface area contributed by atoms with Crippen LogP contribution in [0.25, 0.3) is 0 Å². The number of nitriles is 1. The van der Waals surface area contributed by atoms with E-state index in [1.165, 1.54) is 6.07 Å². The number of halogens is 3. The van der Waals surface area contributed by atoms with E-state index < -0.39 is 41.6 Å². The van der Waals surface area contributed by atoms with E-state index >= 15 is 0 Å². The van der Waals surface area contributed by atoms with Crippen LogP contribution in [0.3, 0.4) is 0 Å². The van der Waals surface area contributed by atoms with Crippen LogP contribution in [0.15, 0.2) is 12.1 Å². The van der Waals surface area contributed by atoms with Crippen LogP contribution in [0, 0.1) is 28.8 Å². The summed E-state index contributed by atoms with van der Waals surface area (Å²) in [6.07, 6.45) is -4.02. The second-order valence-corrected chi connectivity index (χ2v) is 3.16. The van der Waals surface area contributed by atoms with Gasteiger partial charge in [-0.1, -0.05) is 0 Å². The molecule has 0 bridgehead atoms. The maximum absolute atomic E-state index is 13.1. The molecule has 3 nitrogen and oxygen atoms in total. The smallest absolute Gasteiger partial charge is 0.134 e. The van der Waals surface area contributed by atoms with Crippen LogP contribution in [0.5, 0.6) is 0 Å². The number of rotatable bonds is 3. The van der Waals surface area contributed by atoms with Gasteiger partial charge >= 0.3 is 0 Å². The van der Waals surface area contributed by atoms with Gasteiger partial charge in [-0.15, -0.1) is 0 Å². The molecule has 0 amide bonds. The SMILES string of the molecule is N#CCC(O)C(O)c1c(F)cc(F)cc1F. The molecule has 0 radical (unpaired) electrons. The third-order valence-electron chi connectivity index (χ3n) is 2.00. The molecule has 0 spiro atoms. The Morgan fingerprint density at radius 2 is 1.69 bits per heavy atom. The van der Waals surface area contributed by atoms with Crippen LogP contribution in [-0.4, -0.2) is 16.3 Å². The first-order valence-electron chi connectivity index (χ1n) is 4.35. The number of hydrogen-bond donors (Lipinski definition) is 2. The summed E-state index contributed by atoms with van der Waals surface area (Å²) < 4.78 is 38.8. The number of hydrogen-bond acceptors (Lipinski definition) is 3. The fourth-order valence-electron chi connectivity index (χ4n) is 1.23. The highest BCUT2D eigenvalue weighted by atomic mass is 19.1. The van der Waals surface area contributed by atoms with Crippen LogP contribution in [0.4, 0.5) is 13.2 Å². The fraction of sp³-hybridized carbons (Fsp3) is 0.300. The van der Waals surface area contributed by atoms with Crippen LogP contribution < -0.4 is 0 Å². The third-order valence-corrected chi connectivity index (χ3v) is 2.00. The minimum Gasteiger partial charge on any atom is -0.389 e. The summed E-state index contributed by atoms with van der Waals surface area (Å²) in [6, 6.07) is 2.32. The molecule has 86 valence electrons. The lowest BCUT2D eigenvalue weighted by molar-refractivity contribution is 0.0171. The monoisotopic (exact) mass is 231 g/mol. The molecule has 1 aromatic carbocycles. The Labute approximate surface area is 89.4 Å². The van der Waals surface area contributed by atoms with E-state index in [2.05, 4.69) is 0 Å². The van der Waals surface area contributed by atoms with E-state index in [0.29, 0.717) is 12.1 Å². The summed E-state index contributed by atoms with van der Waals surface area (Å²) in [7, 11) is 0. The minimum absolute atomic E-state index is 0.390. The number of aliphatic hydroxyl groups excluding tert-OH is 2. The fourth-order valence-corrected chi connectivity index (χ4v) is 1.23. The van der Waals surface area contributed by atoms with Crippen LogP contribution in [0.2, 0.25) is 0 Å². The highest BCUT2D eigenvalue weighted by molar-refractivity contribution is 5.24. The molecule has 16 heavy (non-hydrogen) atoms. The first kappa shape index (κ1) is 12.5. The van der Waals surface area contributed by atoms with Gasteiger partial charge in [0, 0.05) is 12.1 Å².